The molecule has 0 atom stereocenters. The van der Waals surface area contributed by atoms with Gasteiger partial charge in [0.25, 0.3) is 0 Å². The highest BCUT2D eigenvalue weighted by atomic mass is 19.4. The van der Waals surface area contributed by atoms with Crippen LogP contribution in [0.15, 0.2) is 30.3 Å². The van der Waals surface area contributed by atoms with Gasteiger partial charge in [-0.15, -0.1) is 0 Å². The second kappa shape index (κ2) is 3.68. The van der Waals surface area contributed by atoms with E-state index in [1.807, 2.05) is 0 Å². The van der Waals surface area contributed by atoms with E-state index in [9.17, 15) is 26.3 Å². The first kappa shape index (κ1) is 12.9. The Morgan fingerprint density at radius 3 is 1.44 bits per heavy atom. The van der Waals surface area contributed by atoms with Crippen molar-refractivity contribution in [3.63, 3.8) is 0 Å². The fourth-order valence-electron chi connectivity index (χ4n) is 1.21. The zero-order valence-electron chi connectivity index (χ0n) is 7.86. The minimum atomic E-state index is -5.49. The molecule has 0 amide bonds. The lowest BCUT2D eigenvalue weighted by atomic mass is 9.81. The molecule has 0 unspecified atom stereocenters. The third-order valence-corrected chi connectivity index (χ3v) is 2.23. The van der Waals surface area contributed by atoms with Crippen LogP contribution >= 0.6 is 0 Å². The summed E-state index contributed by atoms with van der Waals surface area (Å²) in [5.41, 5.74) is -5.00. The van der Waals surface area contributed by atoms with Crippen molar-refractivity contribution in [2.45, 2.75) is 17.8 Å². The highest BCUT2D eigenvalue weighted by Crippen LogP contribution is 2.51. The summed E-state index contributed by atoms with van der Waals surface area (Å²) in [5.74, 6) is 0. The van der Waals surface area contributed by atoms with Crippen molar-refractivity contribution < 1.29 is 26.3 Å². The minimum absolute atomic E-state index is 0.758. The predicted molar refractivity (Wildman–Crippen MR) is 45.6 cm³/mol. The van der Waals surface area contributed by atoms with E-state index in [2.05, 4.69) is 6.92 Å². The number of halogens is 6. The van der Waals surface area contributed by atoms with Gasteiger partial charge in [-0.2, -0.15) is 26.3 Å². The van der Waals surface area contributed by atoms with E-state index >= 15 is 0 Å². The van der Waals surface area contributed by atoms with Gasteiger partial charge >= 0.3 is 12.4 Å². The molecule has 6 heteroatoms. The molecule has 0 bridgehead atoms. The summed E-state index contributed by atoms with van der Waals surface area (Å²) in [6.07, 6.45) is -11.0. The van der Waals surface area contributed by atoms with Crippen molar-refractivity contribution >= 4 is 0 Å². The van der Waals surface area contributed by atoms with Crippen LogP contribution in [0.4, 0.5) is 26.3 Å². The smallest absolute Gasteiger partial charge is 0.170 e. The molecule has 1 aromatic carbocycles. The highest BCUT2D eigenvalue weighted by molar-refractivity contribution is 5.31. The van der Waals surface area contributed by atoms with Gasteiger partial charge in [0, 0.05) is 0 Å². The largest absolute Gasteiger partial charge is 0.407 e. The molecular formula is C10H7F6. The van der Waals surface area contributed by atoms with Gasteiger partial charge in [0.05, 0.1) is 0 Å². The third-order valence-electron chi connectivity index (χ3n) is 2.23. The van der Waals surface area contributed by atoms with E-state index < -0.39 is 23.3 Å². The minimum Gasteiger partial charge on any atom is -0.170 e. The fraction of sp³-hybridized carbons (Fsp3) is 0.300. The monoisotopic (exact) mass is 241 g/mol. The second-order valence-corrected chi connectivity index (χ2v) is 3.27. The van der Waals surface area contributed by atoms with E-state index in [1.54, 1.807) is 0 Å². The maximum absolute atomic E-state index is 12.5. The first-order chi connectivity index (χ1) is 7.11. The molecule has 0 aliphatic heterocycles. The van der Waals surface area contributed by atoms with Gasteiger partial charge in [-0.1, -0.05) is 30.3 Å². The lowest BCUT2D eigenvalue weighted by Crippen LogP contribution is -2.51. The summed E-state index contributed by atoms with van der Waals surface area (Å²) in [7, 11) is 0. The first-order valence-corrected chi connectivity index (χ1v) is 4.15. The Bertz CT molecular complexity index is 334. The van der Waals surface area contributed by atoms with E-state index in [4.69, 9.17) is 0 Å². The topological polar surface area (TPSA) is 0 Å². The van der Waals surface area contributed by atoms with Crippen LogP contribution in [0.2, 0.25) is 0 Å². The molecule has 0 saturated heterocycles. The molecule has 1 radical (unpaired) electrons. The van der Waals surface area contributed by atoms with E-state index in [-0.39, 0.29) is 0 Å². The zero-order chi connectivity index (χ0) is 12.6. The molecule has 0 N–H and O–H groups in total. The average Bonchev–Trinajstić information content (AvgIpc) is 2.14. The maximum Gasteiger partial charge on any atom is 0.407 e. The lowest BCUT2D eigenvalue weighted by molar-refractivity contribution is -0.287. The van der Waals surface area contributed by atoms with Crippen LogP contribution in [0.3, 0.4) is 0 Å². The summed E-state index contributed by atoms with van der Waals surface area (Å²) < 4.78 is 75.0. The molecule has 0 nitrogen and oxygen atoms in total. The Kier molecular flexibility index (Phi) is 2.96. The van der Waals surface area contributed by atoms with Gasteiger partial charge in [-0.3, -0.25) is 0 Å². The van der Waals surface area contributed by atoms with Crippen LogP contribution in [0, 0.1) is 6.92 Å². The first-order valence-electron chi connectivity index (χ1n) is 4.15. The van der Waals surface area contributed by atoms with Gasteiger partial charge in [0.1, 0.15) is 0 Å². The van der Waals surface area contributed by atoms with E-state index in [0.717, 1.165) is 24.3 Å². The number of rotatable bonds is 1. The Morgan fingerprint density at radius 1 is 0.750 bits per heavy atom. The predicted octanol–water partition coefficient (Wildman–Crippen LogP) is 3.88. The average molecular weight is 241 g/mol. The molecule has 0 aromatic heterocycles. The van der Waals surface area contributed by atoms with E-state index in [1.165, 1.54) is 6.07 Å². The second-order valence-electron chi connectivity index (χ2n) is 3.27. The molecule has 0 heterocycles. The number of hydrogen-bond donors (Lipinski definition) is 0. The summed E-state index contributed by atoms with van der Waals surface area (Å²) in [6, 6.07) is 5.05. The SMILES string of the molecule is [CH2]C(c1ccccc1)(C(F)(F)F)C(F)(F)F. The van der Waals surface area contributed by atoms with Crippen LogP contribution in [0.25, 0.3) is 0 Å². The molecule has 0 fully saturated rings. The van der Waals surface area contributed by atoms with Crippen LogP contribution in [-0.4, -0.2) is 12.4 Å². The number of alkyl halides is 6. The molecule has 0 aliphatic rings. The molecular weight excluding hydrogens is 234 g/mol. The Balaban J connectivity index is 3.39. The molecule has 0 spiro atoms. The van der Waals surface area contributed by atoms with Crippen molar-refractivity contribution in [2.24, 2.45) is 0 Å². The molecule has 0 aliphatic carbocycles. The third kappa shape index (κ3) is 1.88. The van der Waals surface area contributed by atoms with Crippen molar-refractivity contribution in [1.82, 2.24) is 0 Å². The normalized spacial score (nSPS) is 13.9. The van der Waals surface area contributed by atoms with Crippen LogP contribution in [0.5, 0.6) is 0 Å². The van der Waals surface area contributed by atoms with Crippen molar-refractivity contribution in [1.29, 1.82) is 0 Å². The number of benzene rings is 1. The van der Waals surface area contributed by atoms with Gasteiger partial charge in [-0.25, -0.2) is 0 Å². The Hall–Kier alpha value is -1.20. The van der Waals surface area contributed by atoms with Gasteiger partial charge in [0.15, 0.2) is 5.41 Å². The summed E-state index contributed by atoms with van der Waals surface area (Å²) >= 11 is 0. The van der Waals surface area contributed by atoms with Crippen molar-refractivity contribution in [2.75, 3.05) is 0 Å². The molecule has 89 valence electrons. The summed E-state index contributed by atoms with van der Waals surface area (Å²) in [4.78, 5) is 0. The van der Waals surface area contributed by atoms with Gasteiger partial charge in [0.2, 0.25) is 0 Å². The highest BCUT2D eigenvalue weighted by Gasteiger charge is 2.68. The molecule has 1 rings (SSSR count). The van der Waals surface area contributed by atoms with Crippen molar-refractivity contribution in [3.8, 4) is 0 Å². The maximum atomic E-state index is 12.5. The fourth-order valence-corrected chi connectivity index (χ4v) is 1.21. The molecule has 1 aromatic rings. The number of hydrogen-bond acceptors (Lipinski definition) is 0. The van der Waals surface area contributed by atoms with Crippen molar-refractivity contribution in [3.05, 3.63) is 42.8 Å². The Morgan fingerprint density at radius 2 is 1.12 bits per heavy atom. The molecule has 16 heavy (non-hydrogen) atoms. The quantitative estimate of drug-likeness (QED) is 0.654. The summed E-state index contributed by atoms with van der Waals surface area (Å²) in [5, 5.41) is 0. The van der Waals surface area contributed by atoms with Crippen LogP contribution in [0.1, 0.15) is 5.56 Å². The summed E-state index contributed by atoms with van der Waals surface area (Å²) in [6.45, 7) is 2.33. The Labute approximate surface area is 87.9 Å². The van der Waals surface area contributed by atoms with Gasteiger partial charge < -0.3 is 0 Å². The zero-order valence-corrected chi connectivity index (χ0v) is 7.86. The van der Waals surface area contributed by atoms with Gasteiger partial charge in [-0.05, 0) is 12.5 Å². The van der Waals surface area contributed by atoms with Crippen LogP contribution < -0.4 is 0 Å². The van der Waals surface area contributed by atoms with E-state index in [0.29, 0.717) is 0 Å². The molecule has 0 saturated carbocycles. The standard InChI is InChI=1S/C10H7F6/c1-8(9(11,12)13,10(14,15)16)7-5-3-2-4-6-7/h2-6H,1H2. The lowest BCUT2D eigenvalue weighted by Gasteiger charge is -2.34. The van der Waals surface area contributed by atoms with Crippen LogP contribution in [-0.2, 0) is 5.41 Å².